The largest absolute Gasteiger partial charge is 0.476 e. The monoisotopic (exact) mass is 361 g/mol. The number of rotatable bonds is 3. The van der Waals surface area contributed by atoms with Crippen molar-refractivity contribution in [1.82, 2.24) is 9.97 Å². The fourth-order valence-electron chi connectivity index (χ4n) is 1.29. The number of hydrogen-bond donors (Lipinski definition) is 2. The van der Waals surface area contributed by atoms with Crippen LogP contribution in [0.3, 0.4) is 0 Å². The molecule has 0 amide bonds. The van der Waals surface area contributed by atoms with E-state index in [9.17, 15) is 4.79 Å². The van der Waals surface area contributed by atoms with E-state index in [-0.39, 0.29) is 11.5 Å². The zero-order chi connectivity index (χ0) is 14.0. The second-order valence-electron chi connectivity index (χ2n) is 3.44. The summed E-state index contributed by atoms with van der Waals surface area (Å²) < 4.78 is 0.662. The Bertz CT molecular complexity index is 652. The molecule has 0 aliphatic heterocycles. The van der Waals surface area contributed by atoms with Crippen LogP contribution in [0, 0.1) is 0 Å². The Morgan fingerprint density at radius 2 is 2.00 bits per heavy atom. The first-order chi connectivity index (χ1) is 8.99. The topological polar surface area (TPSA) is 75.1 Å². The molecule has 98 valence electrons. The van der Waals surface area contributed by atoms with E-state index >= 15 is 0 Å². The summed E-state index contributed by atoms with van der Waals surface area (Å²) in [5.41, 5.74) is 0.344. The standard InChI is InChI=1S/C11H6BrCl2N3O2/c12-5-1-2-6(10(14)9(5)13)16-8-4-15-3-7(17-8)11(18)19/h1-4H,(H,16,17)(H,18,19). The molecule has 0 bridgehead atoms. The molecule has 0 aliphatic carbocycles. The summed E-state index contributed by atoms with van der Waals surface area (Å²) in [5.74, 6) is -0.892. The van der Waals surface area contributed by atoms with Gasteiger partial charge in [-0.2, -0.15) is 0 Å². The zero-order valence-corrected chi connectivity index (χ0v) is 12.3. The maximum Gasteiger partial charge on any atom is 0.356 e. The van der Waals surface area contributed by atoms with Crippen LogP contribution < -0.4 is 5.32 Å². The SMILES string of the molecule is O=C(O)c1cncc(Nc2ccc(Br)c(Cl)c2Cl)n1. The summed E-state index contributed by atoms with van der Waals surface area (Å²) in [4.78, 5) is 18.4. The van der Waals surface area contributed by atoms with Crippen molar-refractivity contribution in [2.75, 3.05) is 5.32 Å². The highest BCUT2D eigenvalue weighted by Gasteiger charge is 2.11. The van der Waals surface area contributed by atoms with Crippen molar-refractivity contribution in [2.45, 2.75) is 0 Å². The van der Waals surface area contributed by atoms with E-state index < -0.39 is 5.97 Å². The highest BCUT2D eigenvalue weighted by atomic mass is 79.9. The summed E-state index contributed by atoms with van der Waals surface area (Å²) in [6.45, 7) is 0. The average Bonchev–Trinajstić information content (AvgIpc) is 2.40. The molecule has 1 aromatic carbocycles. The fourth-order valence-corrected chi connectivity index (χ4v) is 2.11. The molecule has 0 spiro atoms. The van der Waals surface area contributed by atoms with Crippen LogP contribution in [0.1, 0.15) is 10.5 Å². The van der Waals surface area contributed by atoms with Crippen molar-refractivity contribution in [1.29, 1.82) is 0 Å². The molecule has 19 heavy (non-hydrogen) atoms. The molecule has 0 atom stereocenters. The smallest absolute Gasteiger partial charge is 0.356 e. The van der Waals surface area contributed by atoms with E-state index in [0.717, 1.165) is 6.20 Å². The Morgan fingerprint density at radius 1 is 1.26 bits per heavy atom. The zero-order valence-electron chi connectivity index (χ0n) is 9.19. The number of nitrogens with one attached hydrogen (secondary N) is 1. The normalized spacial score (nSPS) is 10.3. The van der Waals surface area contributed by atoms with Gasteiger partial charge in [0, 0.05) is 4.47 Å². The highest BCUT2D eigenvalue weighted by Crippen LogP contribution is 2.36. The molecule has 0 unspecified atom stereocenters. The van der Waals surface area contributed by atoms with Gasteiger partial charge >= 0.3 is 5.97 Å². The lowest BCUT2D eigenvalue weighted by atomic mass is 10.3. The molecular weight excluding hydrogens is 357 g/mol. The first-order valence-electron chi connectivity index (χ1n) is 4.95. The van der Waals surface area contributed by atoms with Crippen LogP contribution in [-0.4, -0.2) is 21.0 Å². The molecule has 1 aromatic heterocycles. The fraction of sp³-hybridized carbons (Fsp3) is 0. The van der Waals surface area contributed by atoms with Gasteiger partial charge in [0.05, 0.1) is 28.1 Å². The van der Waals surface area contributed by atoms with Gasteiger partial charge in [-0.1, -0.05) is 23.2 Å². The average molecular weight is 363 g/mol. The molecule has 2 N–H and O–H groups in total. The van der Waals surface area contributed by atoms with E-state index in [2.05, 4.69) is 31.2 Å². The minimum absolute atomic E-state index is 0.163. The molecule has 0 aliphatic rings. The molecule has 2 rings (SSSR count). The van der Waals surface area contributed by atoms with Gasteiger partial charge in [-0.3, -0.25) is 4.98 Å². The predicted octanol–water partition coefficient (Wildman–Crippen LogP) is 3.99. The summed E-state index contributed by atoms with van der Waals surface area (Å²) >= 11 is 15.3. The Balaban J connectivity index is 2.34. The van der Waals surface area contributed by atoms with Crippen LogP contribution >= 0.6 is 39.1 Å². The molecule has 0 fully saturated rings. The van der Waals surface area contributed by atoms with Gasteiger partial charge in [-0.25, -0.2) is 9.78 Å². The molecule has 0 saturated carbocycles. The third-order valence-corrected chi connectivity index (χ3v) is 3.92. The number of hydrogen-bond acceptors (Lipinski definition) is 4. The van der Waals surface area contributed by atoms with Gasteiger partial charge < -0.3 is 10.4 Å². The third kappa shape index (κ3) is 3.15. The number of anilines is 2. The third-order valence-electron chi connectivity index (χ3n) is 2.15. The number of carbonyl (C=O) groups is 1. The van der Waals surface area contributed by atoms with Gasteiger partial charge in [-0.05, 0) is 28.1 Å². The van der Waals surface area contributed by atoms with Gasteiger partial charge in [-0.15, -0.1) is 0 Å². The first kappa shape index (κ1) is 14.0. The molecule has 0 saturated heterocycles. The van der Waals surface area contributed by atoms with Crippen molar-refractivity contribution < 1.29 is 9.90 Å². The van der Waals surface area contributed by atoms with Crippen molar-refractivity contribution in [3.63, 3.8) is 0 Å². The number of carboxylic acid groups (broad SMARTS) is 1. The maximum atomic E-state index is 10.8. The van der Waals surface area contributed by atoms with Crippen molar-refractivity contribution in [3.05, 3.63) is 44.7 Å². The molecular formula is C11H6BrCl2N3O2. The summed E-state index contributed by atoms with van der Waals surface area (Å²) in [7, 11) is 0. The minimum Gasteiger partial charge on any atom is -0.476 e. The lowest BCUT2D eigenvalue weighted by molar-refractivity contribution is 0.0690. The second kappa shape index (κ2) is 5.73. The maximum absolute atomic E-state index is 10.8. The Hall–Kier alpha value is -1.37. The van der Waals surface area contributed by atoms with Crippen LogP contribution in [0.4, 0.5) is 11.5 Å². The number of aromatic nitrogens is 2. The van der Waals surface area contributed by atoms with Crippen LogP contribution in [-0.2, 0) is 0 Å². The lowest BCUT2D eigenvalue weighted by Crippen LogP contribution is -2.04. The van der Waals surface area contributed by atoms with Gasteiger partial charge in [0.1, 0.15) is 5.82 Å². The van der Waals surface area contributed by atoms with Gasteiger partial charge in [0.25, 0.3) is 0 Å². The van der Waals surface area contributed by atoms with E-state index in [0.29, 0.717) is 20.2 Å². The summed E-state index contributed by atoms with van der Waals surface area (Å²) in [6, 6.07) is 3.40. The number of halogens is 3. The lowest BCUT2D eigenvalue weighted by Gasteiger charge is -2.09. The highest BCUT2D eigenvalue weighted by molar-refractivity contribution is 9.10. The van der Waals surface area contributed by atoms with E-state index in [1.54, 1.807) is 12.1 Å². The molecule has 0 radical (unpaired) electrons. The van der Waals surface area contributed by atoms with E-state index in [1.165, 1.54) is 6.20 Å². The van der Waals surface area contributed by atoms with Crippen LogP contribution in [0.25, 0.3) is 0 Å². The molecule has 8 heteroatoms. The van der Waals surface area contributed by atoms with Crippen molar-refractivity contribution in [2.24, 2.45) is 0 Å². The van der Waals surface area contributed by atoms with Crippen LogP contribution in [0.15, 0.2) is 29.0 Å². The Morgan fingerprint density at radius 3 is 2.68 bits per heavy atom. The molecule has 1 heterocycles. The predicted molar refractivity (Wildman–Crippen MR) is 76.4 cm³/mol. The van der Waals surface area contributed by atoms with Gasteiger partial charge in [0.15, 0.2) is 5.69 Å². The van der Waals surface area contributed by atoms with E-state index in [1.807, 2.05) is 0 Å². The minimum atomic E-state index is -1.16. The Kier molecular flexibility index (Phi) is 4.24. The number of benzene rings is 1. The van der Waals surface area contributed by atoms with Crippen LogP contribution in [0.5, 0.6) is 0 Å². The second-order valence-corrected chi connectivity index (χ2v) is 5.05. The first-order valence-corrected chi connectivity index (χ1v) is 6.50. The van der Waals surface area contributed by atoms with Crippen LogP contribution in [0.2, 0.25) is 10.0 Å². The number of nitrogens with zero attached hydrogens (tertiary/aromatic N) is 2. The summed E-state index contributed by atoms with van der Waals surface area (Å²) in [5, 5.41) is 12.3. The summed E-state index contributed by atoms with van der Waals surface area (Å²) in [6.07, 6.45) is 2.54. The van der Waals surface area contributed by atoms with E-state index in [4.69, 9.17) is 28.3 Å². The number of carboxylic acids is 1. The molecule has 2 aromatic rings. The van der Waals surface area contributed by atoms with Crippen molar-refractivity contribution >= 4 is 56.6 Å². The number of aromatic carboxylic acids is 1. The van der Waals surface area contributed by atoms with Crippen molar-refractivity contribution in [3.8, 4) is 0 Å². The molecule has 5 nitrogen and oxygen atoms in total. The van der Waals surface area contributed by atoms with Gasteiger partial charge in [0.2, 0.25) is 0 Å². The quantitative estimate of drug-likeness (QED) is 0.807. The Labute approximate surface area is 126 Å².